The van der Waals surface area contributed by atoms with Crippen LogP contribution in [0.1, 0.15) is 30.3 Å². The van der Waals surface area contributed by atoms with E-state index in [0.29, 0.717) is 17.4 Å². The Balaban J connectivity index is 1.89. The van der Waals surface area contributed by atoms with Crippen LogP contribution in [0.25, 0.3) is 0 Å². The fourth-order valence-corrected chi connectivity index (χ4v) is 1.88. The molecule has 2 N–H and O–H groups in total. The highest BCUT2D eigenvalue weighted by Gasteiger charge is 2.27. The van der Waals surface area contributed by atoms with E-state index in [-0.39, 0.29) is 5.91 Å². The van der Waals surface area contributed by atoms with E-state index in [4.69, 9.17) is 0 Å². The van der Waals surface area contributed by atoms with Gasteiger partial charge < -0.3 is 10.6 Å². The highest BCUT2D eigenvalue weighted by atomic mass is 16.1. The molecular formula is C13H19N3O. The number of nitrogens with zero attached hydrogens (tertiary/aromatic N) is 1. The Bertz CT molecular complexity index is 401. The Hall–Kier alpha value is -1.58. The lowest BCUT2D eigenvalue weighted by Gasteiger charge is -2.11. The summed E-state index contributed by atoms with van der Waals surface area (Å²) in [5.41, 5.74) is 0.472. The minimum atomic E-state index is -0.0883. The topological polar surface area (TPSA) is 54.0 Å². The summed E-state index contributed by atoms with van der Waals surface area (Å²) in [7, 11) is 1.79. The third kappa shape index (κ3) is 3.19. The van der Waals surface area contributed by atoms with Gasteiger partial charge in [-0.25, -0.2) is 4.98 Å². The number of pyridine rings is 1. The van der Waals surface area contributed by atoms with Crippen LogP contribution in [0.2, 0.25) is 0 Å². The normalized spacial score (nSPS) is 16.4. The van der Waals surface area contributed by atoms with Crippen LogP contribution in [-0.2, 0) is 0 Å². The van der Waals surface area contributed by atoms with Crippen LogP contribution in [0.5, 0.6) is 0 Å². The number of rotatable bonds is 5. The summed E-state index contributed by atoms with van der Waals surface area (Å²) < 4.78 is 0. The molecule has 1 saturated carbocycles. The zero-order chi connectivity index (χ0) is 12.3. The van der Waals surface area contributed by atoms with E-state index in [2.05, 4.69) is 22.5 Å². The Labute approximate surface area is 102 Å². The number of nitrogens with one attached hydrogen (secondary N) is 2. The molecule has 0 aliphatic heterocycles. The molecule has 1 aromatic heterocycles. The molecule has 1 aromatic rings. The van der Waals surface area contributed by atoms with Gasteiger partial charge in [0.1, 0.15) is 11.5 Å². The van der Waals surface area contributed by atoms with Crippen molar-refractivity contribution in [2.24, 2.45) is 11.8 Å². The number of carbonyl (C=O) groups excluding carboxylic acids is 1. The lowest BCUT2D eigenvalue weighted by atomic mass is 10.1. The van der Waals surface area contributed by atoms with Crippen molar-refractivity contribution < 1.29 is 4.79 Å². The van der Waals surface area contributed by atoms with Crippen molar-refractivity contribution in [1.82, 2.24) is 10.3 Å². The summed E-state index contributed by atoms with van der Waals surface area (Å²) in [6.07, 6.45) is 2.62. The van der Waals surface area contributed by atoms with E-state index >= 15 is 0 Å². The van der Waals surface area contributed by atoms with Crippen LogP contribution in [0, 0.1) is 11.8 Å². The third-order valence-electron chi connectivity index (χ3n) is 3.25. The highest BCUT2D eigenvalue weighted by Crippen LogP contribution is 2.36. The molecule has 1 fully saturated rings. The molecule has 1 amide bonds. The van der Waals surface area contributed by atoms with Crippen molar-refractivity contribution in [2.45, 2.75) is 19.8 Å². The SMILES string of the molecule is CNc1cccc(C(=O)NCC(C)C2CC2)n1. The Morgan fingerprint density at radius 3 is 2.94 bits per heavy atom. The fraction of sp³-hybridized carbons (Fsp3) is 0.538. The fourth-order valence-electron chi connectivity index (χ4n) is 1.88. The number of aromatic nitrogens is 1. The van der Waals surface area contributed by atoms with Crippen LogP contribution in [0.15, 0.2) is 18.2 Å². The minimum absolute atomic E-state index is 0.0883. The van der Waals surface area contributed by atoms with E-state index in [1.807, 2.05) is 12.1 Å². The first-order valence-electron chi connectivity index (χ1n) is 6.13. The molecule has 1 aliphatic rings. The van der Waals surface area contributed by atoms with Crippen LogP contribution < -0.4 is 10.6 Å². The van der Waals surface area contributed by atoms with Gasteiger partial charge in [0.05, 0.1) is 0 Å². The maximum absolute atomic E-state index is 11.9. The monoisotopic (exact) mass is 233 g/mol. The lowest BCUT2D eigenvalue weighted by molar-refractivity contribution is 0.0942. The van der Waals surface area contributed by atoms with Gasteiger partial charge in [-0.2, -0.15) is 0 Å². The molecule has 1 aliphatic carbocycles. The van der Waals surface area contributed by atoms with Crippen molar-refractivity contribution in [3.8, 4) is 0 Å². The quantitative estimate of drug-likeness (QED) is 0.816. The smallest absolute Gasteiger partial charge is 0.269 e. The number of carbonyl (C=O) groups is 1. The van der Waals surface area contributed by atoms with Crippen LogP contribution in [0.3, 0.4) is 0 Å². The molecule has 0 saturated heterocycles. The summed E-state index contributed by atoms with van der Waals surface area (Å²) in [4.78, 5) is 16.1. The molecule has 17 heavy (non-hydrogen) atoms. The maximum atomic E-state index is 11.9. The molecule has 92 valence electrons. The molecule has 0 aromatic carbocycles. The van der Waals surface area contributed by atoms with Crippen molar-refractivity contribution in [3.05, 3.63) is 23.9 Å². The second-order valence-electron chi connectivity index (χ2n) is 4.68. The maximum Gasteiger partial charge on any atom is 0.269 e. The molecule has 0 spiro atoms. The van der Waals surface area contributed by atoms with E-state index < -0.39 is 0 Å². The van der Waals surface area contributed by atoms with Crippen molar-refractivity contribution in [3.63, 3.8) is 0 Å². The number of anilines is 1. The van der Waals surface area contributed by atoms with E-state index in [0.717, 1.165) is 12.5 Å². The van der Waals surface area contributed by atoms with E-state index in [1.165, 1.54) is 12.8 Å². The van der Waals surface area contributed by atoms with E-state index in [9.17, 15) is 4.79 Å². The van der Waals surface area contributed by atoms with Crippen LogP contribution >= 0.6 is 0 Å². The molecule has 1 atom stereocenters. The molecule has 2 rings (SSSR count). The Morgan fingerprint density at radius 1 is 1.53 bits per heavy atom. The standard InChI is InChI=1S/C13H19N3O/c1-9(10-6-7-10)8-15-13(17)11-4-3-5-12(14-2)16-11/h3-5,9-10H,6-8H2,1-2H3,(H,14,16)(H,15,17). The molecule has 1 heterocycles. The van der Waals surface area contributed by atoms with Crippen molar-refractivity contribution in [1.29, 1.82) is 0 Å². The average Bonchev–Trinajstić information content (AvgIpc) is 3.19. The molecule has 1 unspecified atom stereocenters. The molecular weight excluding hydrogens is 214 g/mol. The second kappa shape index (κ2) is 5.17. The van der Waals surface area contributed by atoms with Crippen LogP contribution in [-0.4, -0.2) is 24.5 Å². The molecule has 0 radical (unpaired) electrons. The predicted molar refractivity (Wildman–Crippen MR) is 68.0 cm³/mol. The number of hydrogen-bond donors (Lipinski definition) is 2. The number of amides is 1. The van der Waals surface area contributed by atoms with Gasteiger partial charge in [-0.05, 0) is 36.8 Å². The Morgan fingerprint density at radius 2 is 2.29 bits per heavy atom. The molecule has 0 bridgehead atoms. The van der Waals surface area contributed by atoms with E-state index in [1.54, 1.807) is 13.1 Å². The lowest BCUT2D eigenvalue weighted by Crippen LogP contribution is -2.29. The number of hydrogen-bond acceptors (Lipinski definition) is 3. The largest absolute Gasteiger partial charge is 0.373 e. The van der Waals surface area contributed by atoms with Gasteiger partial charge >= 0.3 is 0 Å². The first-order valence-corrected chi connectivity index (χ1v) is 6.13. The van der Waals surface area contributed by atoms with Gasteiger partial charge in [0.15, 0.2) is 0 Å². The summed E-state index contributed by atoms with van der Waals surface area (Å²) in [6.45, 7) is 2.93. The van der Waals surface area contributed by atoms with Crippen molar-refractivity contribution >= 4 is 11.7 Å². The summed E-state index contributed by atoms with van der Waals surface area (Å²) in [6, 6.07) is 5.40. The van der Waals surface area contributed by atoms with Gasteiger partial charge in [-0.15, -0.1) is 0 Å². The molecule has 4 nitrogen and oxygen atoms in total. The van der Waals surface area contributed by atoms with Crippen molar-refractivity contribution in [2.75, 3.05) is 18.9 Å². The first kappa shape index (κ1) is 11.9. The molecule has 4 heteroatoms. The van der Waals surface area contributed by atoms with Gasteiger partial charge in [0, 0.05) is 13.6 Å². The summed E-state index contributed by atoms with van der Waals surface area (Å²) >= 11 is 0. The minimum Gasteiger partial charge on any atom is -0.373 e. The zero-order valence-corrected chi connectivity index (χ0v) is 10.4. The second-order valence-corrected chi connectivity index (χ2v) is 4.68. The predicted octanol–water partition coefficient (Wildman–Crippen LogP) is 1.90. The van der Waals surface area contributed by atoms with Gasteiger partial charge in [-0.3, -0.25) is 4.79 Å². The zero-order valence-electron chi connectivity index (χ0n) is 10.4. The summed E-state index contributed by atoms with van der Waals surface area (Å²) in [5, 5.41) is 5.87. The Kier molecular flexibility index (Phi) is 3.61. The van der Waals surface area contributed by atoms with Crippen LogP contribution in [0.4, 0.5) is 5.82 Å². The van der Waals surface area contributed by atoms with Gasteiger partial charge in [0.25, 0.3) is 5.91 Å². The highest BCUT2D eigenvalue weighted by molar-refractivity contribution is 5.92. The first-order chi connectivity index (χ1) is 8.20. The average molecular weight is 233 g/mol. The van der Waals surface area contributed by atoms with Gasteiger partial charge in [0.2, 0.25) is 0 Å². The summed E-state index contributed by atoms with van der Waals surface area (Å²) in [5.74, 6) is 2.01. The van der Waals surface area contributed by atoms with Gasteiger partial charge in [-0.1, -0.05) is 13.0 Å². The third-order valence-corrected chi connectivity index (χ3v) is 3.25.